The maximum Gasteiger partial charge on any atom is 0.156 e. The van der Waals surface area contributed by atoms with Crippen molar-refractivity contribution in [1.82, 2.24) is 15.0 Å². The van der Waals surface area contributed by atoms with Gasteiger partial charge in [0.05, 0.1) is 5.69 Å². The van der Waals surface area contributed by atoms with Crippen molar-refractivity contribution >= 4 is 5.82 Å². The molecule has 1 heterocycles. The highest BCUT2D eigenvalue weighted by atomic mass is 19.1. The number of nitrogen functional groups attached to an aromatic ring is 1. The van der Waals surface area contributed by atoms with Gasteiger partial charge in [-0.05, 0) is 42.8 Å². The van der Waals surface area contributed by atoms with Crippen LogP contribution < -0.4 is 5.73 Å². The van der Waals surface area contributed by atoms with Gasteiger partial charge in [0, 0.05) is 5.56 Å². The molecular weight excluding hydrogens is 274 g/mol. The maximum atomic E-state index is 13.8. The van der Waals surface area contributed by atoms with Crippen LogP contribution in [0.25, 0.3) is 16.9 Å². The van der Waals surface area contributed by atoms with Gasteiger partial charge in [0.2, 0.25) is 0 Å². The van der Waals surface area contributed by atoms with Crippen molar-refractivity contribution < 1.29 is 8.78 Å². The number of hydrogen-bond acceptors (Lipinski definition) is 3. The molecule has 4 nitrogen and oxygen atoms in total. The summed E-state index contributed by atoms with van der Waals surface area (Å²) < 4.78 is 28.5. The third-order valence-electron chi connectivity index (χ3n) is 3.13. The van der Waals surface area contributed by atoms with E-state index in [4.69, 9.17) is 5.73 Å². The number of nitrogens with zero attached hydrogens (tertiary/aromatic N) is 3. The standard InChI is InChI=1S/C15H12F2N4/c1-9-3-2-4-11(7-9)21-15(18)14(19-20-21)12-8-10(16)5-6-13(12)17/h2-8H,18H2,1H3. The van der Waals surface area contributed by atoms with Crippen molar-refractivity contribution in [2.45, 2.75) is 6.92 Å². The third kappa shape index (κ3) is 2.35. The maximum absolute atomic E-state index is 13.8. The summed E-state index contributed by atoms with van der Waals surface area (Å²) in [5.74, 6) is -1.000. The fourth-order valence-electron chi connectivity index (χ4n) is 2.11. The Bertz CT molecular complexity index is 811. The first-order valence-electron chi connectivity index (χ1n) is 6.30. The molecule has 2 aromatic carbocycles. The minimum absolute atomic E-state index is 0.00796. The van der Waals surface area contributed by atoms with Gasteiger partial charge in [0.25, 0.3) is 0 Å². The van der Waals surface area contributed by atoms with Crippen molar-refractivity contribution in [2.24, 2.45) is 0 Å². The lowest BCUT2D eigenvalue weighted by molar-refractivity contribution is 0.602. The number of benzene rings is 2. The van der Waals surface area contributed by atoms with Crippen molar-refractivity contribution in [1.29, 1.82) is 0 Å². The molecule has 1 aromatic heterocycles. The third-order valence-corrected chi connectivity index (χ3v) is 3.13. The lowest BCUT2D eigenvalue weighted by Crippen LogP contribution is -2.02. The average molecular weight is 286 g/mol. The van der Waals surface area contributed by atoms with E-state index >= 15 is 0 Å². The topological polar surface area (TPSA) is 56.7 Å². The van der Waals surface area contributed by atoms with Crippen LogP contribution >= 0.6 is 0 Å². The number of aromatic nitrogens is 3. The number of anilines is 1. The molecule has 0 bridgehead atoms. The summed E-state index contributed by atoms with van der Waals surface area (Å²) in [4.78, 5) is 0. The molecule has 3 aromatic rings. The van der Waals surface area contributed by atoms with Gasteiger partial charge in [-0.2, -0.15) is 4.68 Å². The Morgan fingerprint density at radius 3 is 2.67 bits per heavy atom. The van der Waals surface area contributed by atoms with E-state index in [0.717, 1.165) is 23.8 Å². The zero-order valence-electron chi connectivity index (χ0n) is 11.2. The number of aryl methyl sites for hydroxylation is 1. The quantitative estimate of drug-likeness (QED) is 0.787. The number of nitrogens with two attached hydrogens (primary N) is 1. The second-order valence-corrected chi connectivity index (χ2v) is 4.70. The first-order chi connectivity index (χ1) is 10.1. The molecule has 2 N–H and O–H groups in total. The van der Waals surface area contributed by atoms with Gasteiger partial charge < -0.3 is 5.73 Å². The first kappa shape index (κ1) is 13.2. The molecule has 0 unspecified atom stereocenters. The molecule has 6 heteroatoms. The fourth-order valence-corrected chi connectivity index (χ4v) is 2.11. The molecule has 106 valence electrons. The molecule has 0 aliphatic rings. The molecule has 0 spiro atoms. The van der Waals surface area contributed by atoms with E-state index in [1.165, 1.54) is 4.68 Å². The summed E-state index contributed by atoms with van der Waals surface area (Å²) in [6.07, 6.45) is 0. The van der Waals surface area contributed by atoms with Gasteiger partial charge in [-0.25, -0.2) is 8.78 Å². The van der Waals surface area contributed by atoms with Crippen LogP contribution in [0.2, 0.25) is 0 Å². The molecule has 21 heavy (non-hydrogen) atoms. The average Bonchev–Trinajstić information content (AvgIpc) is 2.83. The van der Waals surface area contributed by atoms with Gasteiger partial charge in [0.15, 0.2) is 5.82 Å². The van der Waals surface area contributed by atoms with Crippen molar-refractivity contribution in [3.05, 3.63) is 59.7 Å². The van der Waals surface area contributed by atoms with Crippen LogP contribution in [-0.4, -0.2) is 15.0 Å². The molecule has 3 rings (SSSR count). The summed E-state index contributed by atoms with van der Waals surface area (Å²) in [6, 6.07) is 10.6. The lowest BCUT2D eigenvalue weighted by Gasteiger charge is -2.05. The van der Waals surface area contributed by atoms with Crippen LogP contribution in [0.3, 0.4) is 0 Å². The molecule has 0 atom stereocenters. The van der Waals surface area contributed by atoms with E-state index < -0.39 is 11.6 Å². The van der Waals surface area contributed by atoms with E-state index in [-0.39, 0.29) is 17.1 Å². The van der Waals surface area contributed by atoms with Crippen molar-refractivity contribution in [3.63, 3.8) is 0 Å². The first-order valence-corrected chi connectivity index (χ1v) is 6.30. The Morgan fingerprint density at radius 1 is 1.10 bits per heavy atom. The highest BCUT2D eigenvalue weighted by Gasteiger charge is 2.17. The molecule has 0 radical (unpaired) electrons. The molecule has 0 fully saturated rings. The second-order valence-electron chi connectivity index (χ2n) is 4.70. The van der Waals surface area contributed by atoms with E-state index in [9.17, 15) is 8.78 Å². The predicted octanol–water partition coefficient (Wildman–Crippen LogP) is 3.10. The number of rotatable bonds is 2. The zero-order valence-corrected chi connectivity index (χ0v) is 11.2. The molecule has 0 aliphatic heterocycles. The van der Waals surface area contributed by atoms with E-state index in [1.54, 1.807) is 0 Å². The monoisotopic (exact) mass is 286 g/mol. The number of halogens is 2. The summed E-state index contributed by atoms with van der Waals surface area (Å²) >= 11 is 0. The minimum atomic E-state index is -0.598. The largest absolute Gasteiger partial charge is 0.382 e. The van der Waals surface area contributed by atoms with Gasteiger partial charge in [-0.15, -0.1) is 5.10 Å². The van der Waals surface area contributed by atoms with Crippen molar-refractivity contribution in [3.8, 4) is 16.9 Å². The molecule has 0 amide bonds. The summed E-state index contributed by atoms with van der Waals surface area (Å²) in [7, 11) is 0. The minimum Gasteiger partial charge on any atom is -0.382 e. The Kier molecular flexibility index (Phi) is 3.13. The zero-order chi connectivity index (χ0) is 15.0. The normalized spacial score (nSPS) is 10.8. The highest BCUT2D eigenvalue weighted by Crippen LogP contribution is 2.28. The van der Waals surface area contributed by atoms with E-state index in [0.29, 0.717) is 5.69 Å². The second kappa shape index (κ2) is 4.97. The van der Waals surface area contributed by atoms with Crippen LogP contribution in [0, 0.1) is 18.6 Å². The molecule has 0 saturated heterocycles. The molecule has 0 saturated carbocycles. The SMILES string of the molecule is Cc1cccc(-n2nnc(-c3cc(F)ccc3F)c2N)c1. The van der Waals surface area contributed by atoms with E-state index in [1.807, 2.05) is 31.2 Å². The molecular formula is C15H12F2N4. The smallest absolute Gasteiger partial charge is 0.156 e. The van der Waals surface area contributed by atoms with Crippen LogP contribution in [0.1, 0.15) is 5.56 Å². The Morgan fingerprint density at radius 2 is 1.90 bits per heavy atom. The predicted molar refractivity (Wildman–Crippen MR) is 75.9 cm³/mol. The summed E-state index contributed by atoms with van der Waals surface area (Å²) in [6.45, 7) is 1.93. The summed E-state index contributed by atoms with van der Waals surface area (Å²) in [5, 5.41) is 7.80. The Labute approximate surface area is 119 Å². The van der Waals surface area contributed by atoms with Crippen LogP contribution in [-0.2, 0) is 0 Å². The van der Waals surface area contributed by atoms with Gasteiger partial charge in [0.1, 0.15) is 17.3 Å². The van der Waals surface area contributed by atoms with Crippen LogP contribution in [0.5, 0.6) is 0 Å². The Balaban J connectivity index is 2.13. The van der Waals surface area contributed by atoms with E-state index in [2.05, 4.69) is 10.3 Å². The van der Waals surface area contributed by atoms with Gasteiger partial charge in [-0.3, -0.25) is 0 Å². The van der Waals surface area contributed by atoms with Gasteiger partial charge >= 0.3 is 0 Å². The fraction of sp³-hybridized carbons (Fsp3) is 0.0667. The molecule has 0 aliphatic carbocycles. The number of hydrogen-bond donors (Lipinski definition) is 1. The highest BCUT2D eigenvalue weighted by molar-refractivity contribution is 5.71. The Hall–Kier alpha value is -2.76. The lowest BCUT2D eigenvalue weighted by atomic mass is 10.1. The van der Waals surface area contributed by atoms with Gasteiger partial charge in [-0.1, -0.05) is 17.3 Å². The van der Waals surface area contributed by atoms with Crippen molar-refractivity contribution in [2.75, 3.05) is 5.73 Å². The van der Waals surface area contributed by atoms with Crippen LogP contribution in [0.15, 0.2) is 42.5 Å². The van der Waals surface area contributed by atoms with Crippen LogP contribution in [0.4, 0.5) is 14.6 Å². The summed E-state index contributed by atoms with van der Waals surface area (Å²) in [5.41, 5.74) is 7.84.